The predicted octanol–water partition coefficient (Wildman–Crippen LogP) is 0.933. The van der Waals surface area contributed by atoms with Crippen molar-refractivity contribution in [1.82, 2.24) is 0 Å². The molecule has 0 unspecified atom stereocenters. The van der Waals surface area contributed by atoms with Crippen LogP contribution in [0.5, 0.6) is 5.75 Å². The molecule has 3 aliphatic rings. The highest BCUT2D eigenvalue weighted by atomic mass is 32.2. The molecule has 0 bridgehead atoms. The van der Waals surface area contributed by atoms with E-state index in [0.717, 1.165) is 12.0 Å². The fourth-order valence-electron chi connectivity index (χ4n) is 3.23. The lowest BCUT2D eigenvalue weighted by atomic mass is 9.77. The molecule has 4 N–H and O–H groups in total. The Morgan fingerprint density at radius 2 is 2.23 bits per heavy atom. The van der Waals surface area contributed by atoms with E-state index in [1.165, 1.54) is 11.8 Å². The second kappa shape index (κ2) is 5.16. The maximum atomic E-state index is 11.7. The number of fused-ring (bicyclic) bond motifs is 3. The minimum atomic E-state index is -1.04. The monoisotopic (exact) mass is 321 g/mol. The lowest BCUT2D eigenvalue weighted by Crippen LogP contribution is -2.31. The largest absolute Gasteiger partial charge is 0.535 e. The summed E-state index contributed by atoms with van der Waals surface area (Å²) in [6, 6.07) is 3.64. The van der Waals surface area contributed by atoms with E-state index in [1.807, 2.05) is 12.1 Å². The van der Waals surface area contributed by atoms with Gasteiger partial charge in [0.2, 0.25) is 0 Å². The van der Waals surface area contributed by atoms with E-state index in [0.29, 0.717) is 23.9 Å². The first-order chi connectivity index (χ1) is 10.6. The Morgan fingerprint density at radius 3 is 2.91 bits per heavy atom. The van der Waals surface area contributed by atoms with Gasteiger partial charge in [0.05, 0.1) is 18.5 Å². The predicted molar refractivity (Wildman–Crippen MR) is 81.5 cm³/mol. The number of carbonyl (C=O) groups is 1. The Bertz CT molecular complexity index is 642. The first kappa shape index (κ1) is 14.4. The maximum absolute atomic E-state index is 11.7. The summed E-state index contributed by atoms with van der Waals surface area (Å²) in [6.07, 6.45) is 0.848. The maximum Gasteiger partial charge on any atom is 0.526 e. The van der Waals surface area contributed by atoms with Gasteiger partial charge in [-0.3, -0.25) is 0 Å². The molecular weight excluding hydrogens is 305 g/mol. The zero-order valence-corrected chi connectivity index (χ0v) is 12.6. The van der Waals surface area contributed by atoms with Gasteiger partial charge >= 0.3 is 13.1 Å². The molecule has 0 amide bonds. The van der Waals surface area contributed by atoms with E-state index < -0.39 is 13.1 Å². The second-order valence-electron chi connectivity index (χ2n) is 6.03. The lowest BCUT2D eigenvalue weighted by Gasteiger charge is -2.23. The molecule has 8 heteroatoms. The van der Waals surface area contributed by atoms with Crippen molar-refractivity contribution in [3.63, 3.8) is 0 Å². The molecule has 1 aromatic rings. The number of carboxylic acids is 1. The van der Waals surface area contributed by atoms with Gasteiger partial charge in [0.1, 0.15) is 11.3 Å². The summed E-state index contributed by atoms with van der Waals surface area (Å²) in [7, 11) is -0.909. The van der Waals surface area contributed by atoms with Crippen LogP contribution in [0.4, 0.5) is 0 Å². The fraction of sp³-hybridized carbons (Fsp3) is 0.500. The van der Waals surface area contributed by atoms with E-state index in [1.54, 1.807) is 0 Å². The Labute approximate surface area is 132 Å². The van der Waals surface area contributed by atoms with E-state index in [9.17, 15) is 14.9 Å². The molecule has 0 radical (unpaired) electrons. The molecule has 2 fully saturated rings. The molecule has 2 heterocycles. The number of aromatic carboxylic acids is 1. The van der Waals surface area contributed by atoms with Crippen molar-refractivity contribution in [2.45, 2.75) is 34.3 Å². The summed E-state index contributed by atoms with van der Waals surface area (Å²) in [5.74, 6) is -0.411. The van der Waals surface area contributed by atoms with Crippen molar-refractivity contribution in [3.05, 3.63) is 23.3 Å². The zero-order chi connectivity index (χ0) is 15.4. The molecule has 22 heavy (non-hydrogen) atoms. The van der Waals surface area contributed by atoms with Crippen LogP contribution in [0, 0.1) is 0 Å². The van der Waals surface area contributed by atoms with E-state index in [2.05, 4.69) is 0 Å². The molecule has 0 spiro atoms. The SMILES string of the molecule is N[C@@H]1COC[C@@H]1Sc1ccc2c(c1C(=O)O)OB(O)[C@@H]1C[C@H]21. The average molecular weight is 321 g/mol. The number of thioether (sulfide) groups is 1. The Balaban J connectivity index is 1.73. The summed E-state index contributed by atoms with van der Waals surface area (Å²) in [5.41, 5.74) is 7.00. The molecule has 116 valence electrons. The van der Waals surface area contributed by atoms with Gasteiger partial charge in [0.15, 0.2) is 0 Å². The molecule has 6 nitrogen and oxygen atoms in total. The van der Waals surface area contributed by atoms with Gasteiger partial charge in [0, 0.05) is 16.8 Å². The Morgan fingerprint density at radius 1 is 1.41 bits per heavy atom. The summed E-state index contributed by atoms with van der Waals surface area (Å²) in [6.45, 7) is 1.00. The fourth-order valence-corrected chi connectivity index (χ4v) is 4.42. The summed E-state index contributed by atoms with van der Waals surface area (Å²) >= 11 is 1.41. The normalized spacial score (nSPS) is 32.2. The molecule has 0 aromatic heterocycles. The van der Waals surface area contributed by atoms with Crippen LogP contribution in [-0.4, -0.2) is 47.7 Å². The van der Waals surface area contributed by atoms with Gasteiger partial charge in [-0.15, -0.1) is 11.8 Å². The third-order valence-electron chi connectivity index (χ3n) is 4.56. The smallest absolute Gasteiger partial charge is 0.526 e. The van der Waals surface area contributed by atoms with Crippen LogP contribution >= 0.6 is 11.8 Å². The van der Waals surface area contributed by atoms with E-state index >= 15 is 0 Å². The number of ether oxygens (including phenoxy) is 1. The van der Waals surface area contributed by atoms with Crippen molar-refractivity contribution in [2.75, 3.05) is 13.2 Å². The number of benzene rings is 1. The summed E-state index contributed by atoms with van der Waals surface area (Å²) in [5, 5.41) is 19.6. The van der Waals surface area contributed by atoms with Gasteiger partial charge in [-0.05, 0) is 24.0 Å². The van der Waals surface area contributed by atoms with Crippen molar-refractivity contribution in [1.29, 1.82) is 0 Å². The van der Waals surface area contributed by atoms with Gasteiger partial charge in [-0.2, -0.15) is 0 Å². The molecule has 1 saturated carbocycles. The van der Waals surface area contributed by atoms with Crippen LogP contribution in [0.2, 0.25) is 5.82 Å². The number of carboxylic acid groups (broad SMARTS) is 1. The van der Waals surface area contributed by atoms with Gasteiger partial charge in [-0.1, -0.05) is 6.07 Å². The topological polar surface area (TPSA) is 102 Å². The highest BCUT2D eigenvalue weighted by Crippen LogP contribution is 2.60. The molecule has 1 saturated heterocycles. The molecular formula is C14H16BNO5S. The average Bonchev–Trinajstić information content (AvgIpc) is 3.18. The van der Waals surface area contributed by atoms with Gasteiger partial charge < -0.3 is 25.3 Å². The van der Waals surface area contributed by atoms with Gasteiger partial charge in [-0.25, -0.2) is 4.79 Å². The van der Waals surface area contributed by atoms with Crippen molar-refractivity contribution in [3.8, 4) is 5.75 Å². The molecule has 1 aliphatic carbocycles. The van der Waals surface area contributed by atoms with Crippen molar-refractivity contribution >= 4 is 24.8 Å². The zero-order valence-electron chi connectivity index (χ0n) is 11.8. The van der Waals surface area contributed by atoms with Crippen LogP contribution in [0.15, 0.2) is 17.0 Å². The van der Waals surface area contributed by atoms with Gasteiger partial charge in [0.25, 0.3) is 0 Å². The molecule has 2 aliphatic heterocycles. The number of rotatable bonds is 3. The highest BCUT2D eigenvalue weighted by molar-refractivity contribution is 8.00. The minimum absolute atomic E-state index is 0.0262. The van der Waals surface area contributed by atoms with Crippen molar-refractivity contribution < 1.29 is 24.3 Å². The summed E-state index contributed by atoms with van der Waals surface area (Å²) in [4.78, 5) is 12.4. The second-order valence-corrected chi connectivity index (χ2v) is 7.32. The number of hydrogen-bond acceptors (Lipinski definition) is 6. The van der Waals surface area contributed by atoms with Crippen LogP contribution in [0.1, 0.15) is 28.3 Å². The van der Waals surface area contributed by atoms with E-state index in [-0.39, 0.29) is 28.6 Å². The minimum Gasteiger partial charge on any atom is -0.535 e. The van der Waals surface area contributed by atoms with Crippen molar-refractivity contribution in [2.24, 2.45) is 5.73 Å². The lowest BCUT2D eigenvalue weighted by molar-refractivity contribution is 0.0690. The standard InChI is InChI=1S/C14H16BNO5S/c16-9-4-20-5-11(9)22-10-2-1-6-7-3-8(7)15(19)21-13(6)12(10)14(17)18/h1-2,7-9,11,19H,3-5,16H2,(H,17,18)/t7-,8-,9-,11+/m1/s1. The van der Waals surface area contributed by atoms with Crippen LogP contribution in [-0.2, 0) is 4.74 Å². The quantitative estimate of drug-likeness (QED) is 0.712. The molecule has 4 rings (SSSR count). The first-order valence-electron chi connectivity index (χ1n) is 7.31. The molecule has 1 aromatic carbocycles. The Hall–Kier alpha value is -1.22. The number of nitrogens with two attached hydrogens (primary N) is 1. The number of hydrogen-bond donors (Lipinski definition) is 3. The summed E-state index contributed by atoms with van der Waals surface area (Å²) < 4.78 is 10.8. The third kappa shape index (κ3) is 2.22. The first-order valence-corrected chi connectivity index (χ1v) is 8.19. The Kier molecular flexibility index (Phi) is 3.37. The van der Waals surface area contributed by atoms with Crippen LogP contribution < -0.4 is 10.4 Å². The third-order valence-corrected chi connectivity index (χ3v) is 5.94. The van der Waals surface area contributed by atoms with Crippen LogP contribution in [0.3, 0.4) is 0 Å². The molecule has 4 atom stereocenters. The highest BCUT2D eigenvalue weighted by Gasteiger charge is 2.54. The van der Waals surface area contributed by atoms with Crippen LogP contribution in [0.25, 0.3) is 0 Å². The van der Waals surface area contributed by atoms with E-state index in [4.69, 9.17) is 15.1 Å².